The number of ether oxygens (including phenoxy) is 2. The lowest BCUT2D eigenvalue weighted by Gasteiger charge is -2.04. The first kappa shape index (κ1) is 10.4. The Morgan fingerprint density at radius 3 is 2.91 bits per heavy atom. The van der Waals surface area contributed by atoms with Crippen LogP contribution in [-0.2, 0) is 9.47 Å². The standard InChI is InChI=1S/C7H12O3S/c1-2-4-9-6-7(11)10-5-3-8/h2,4,8H,3,5-6H2,1H3. The summed E-state index contributed by atoms with van der Waals surface area (Å²) in [6.45, 7) is 2.32. The van der Waals surface area contributed by atoms with Crippen molar-refractivity contribution in [2.45, 2.75) is 6.92 Å². The Balaban J connectivity index is 3.22. The fraction of sp³-hybridized carbons (Fsp3) is 0.571. The van der Waals surface area contributed by atoms with Crippen LogP contribution < -0.4 is 0 Å². The van der Waals surface area contributed by atoms with E-state index < -0.39 is 0 Å². The van der Waals surface area contributed by atoms with Gasteiger partial charge in [0.1, 0.15) is 6.61 Å². The van der Waals surface area contributed by atoms with Crippen LogP contribution in [0.1, 0.15) is 6.92 Å². The van der Waals surface area contributed by atoms with Gasteiger partial charge in [-0.15, -0.1) is 0 Å². The van der Waals surface area contributed by atoms with Gasteiger partial charge in [0.05, 0.1) is 12.9 Å². The van der Waals surface area contributed by atoms with Gasteiger partial charge in [-0.3, -0.25) is 0 Å². The first-order valence-corrected chi connectivity index (χ1v) is 3.71. The van der Waals surface area contributed by atoms with Gasteiger partial charge in [0.25, 0.3) is 0 Å². The van der Waals surface area contributed by atoms with Crippen LogP contribution in [0.15, 0.2) is 12.3 Å². The van der Waals surface area contributed by atoms with E-state index in [4.69, 9.17) is 26.8 Å². The van der Waals surface area contributed by atoms with Gasteiger partial charge in [-0.05, 0) is 19.1 Å². The summed E-state index contributed by atoms with van der Waals surface area (Å²) in [5.74, 6) is 0. The van der Waals surface area contributed by atoms with E-state index in [-0.39, 0.29) is 19.8 Å². The molecule has 0 saturated heterocycles. The molecule has 0 aromatic rings. The molecule has 0 aliphatic carbocycles. The molecule has 0 fully saturated rings. The molecule has 4 heteroatoms. The van der Waals surface area contributed by atoms with Gasteiger partial charge in [-0.2, -0.15) is 0 Å². The van der Waals surface area contributed by atoms with E-state index in [9.17, 15) is 0 Å². The largest absolute Gasteiger partial charge is 0.493 e. The molecule has 64 valence electrons. The maximum Gasteiger partial charge on any atom is 0.197 e. The van der Waals surface area contributed by atoms with Gasteiger partial charge in [-0.1, -0.05) is 6.08 Å². The van der Waals surface area contributed by atoms with Gasteiger partial charge >= 0.3 is 0 Å². The highest BCUT2D eigenvalue weighted by molar-refractivity contribution is 7.80. The summed E-state index contributed by atoms with van der Waals surface area (Å²) in [6, 6.07) is 0. The summed E-state index contributed by atoms with van der Waals surface area (Å²) in [7, 11) is 0. The van der Waals surface area contributed by atoms with Gasteiger partial charge in [0.2, 0.25) is 0 Å². The number of aliphatic hydroxyl groups excluding tert-OH is 1. The highest BCUT2D eigenvalue weighted by Crippen LogP contribution is 1.85. The van der Waals surface area contributed by atoms with E-state index in [1.54, 1.807) is 6.08 Å². The Hall–Kier alpha value is -0.610. The van der Waals surface area contributed by atoms with Gasteiger partial charge in [0, 0.05) is 0 Å². The molecule has 1 N–H and O–H groups in total. The Morgan fingerprint density at radius 2 is 2.36 bits per heavy atom. The molecular formula is C7H12O3S. The molecule has 0 saturated carbocycles. The Kier molecular flexibility index (Phi) is 7.08. The summed E-state index contributed by atoms with van der Waals surface area (Å²) in [4.78, 5) is 0. The number of aliphatic hydroxyl groups is 1. The van der Waals surface area contributed by atoms with E-state index >= 15 is 0 Å². The summed E-state index contributed by atoms with van der Waals surface area (Å²) < 4.78 is 9.77. The second-order valence-electron chi connectivity index (χ2n) is 1.72. The van der Waals surface area contributed by atoms with Gasteiger partial charge < -0.3 is 14.6 Å². The number of allylic oxidation sites excluding steroid dienone is 1. The molecule has 11 heavy (non-hydrogen) atoms. The van der Waals surface area contributed by atoms with Crippen molar-refractivity contribution in [1.29, 1.82) is 0 Å². The predicted octanol–water partition coefficient (Wildman–Crippen LogP) is 0.873. The normalized spacial score (nSPS) is 10.0. The number of hydrogen-bond donors (Lipinski definition) is 1. The fourth-order valence-corrected chi connectivity index (χ4v) is 0.565. The zero-order valence-electron chi connectivity index (χ0n) is 6.45. The average Bonchev–Trinajstić information content (AvgIpc) is 2.01. The topological polar surface area (TPSA) is 38.7 Å². The van der Waals surface area contributed by atoms with Crippen molar-refractivity contribution in [2.24, 2.45) is 0 Å². The monoisotopic (exact) mass is 176 g/mol. The minimum Gasteiger partial charge on any atom is -0.493 e. The minimum atomic E-state index is -0.0241. The Labute approximate surface area is 71.6 Å². The van der Waals surface area contributed by atoms with E-state index in [1.807, 2.05) is 6.92 Å². The molecule has 0 amide bonds. The summed E-state index contributed by atoms with van der Waals surface area (Å²) in [5.41, 5.74) is 0. The molecule has 0 aromatic heterocycles. The second kappa shape index (κ2) is 7.50. The minimum absolute atomic E-state index is 0.0241. The van der Waals surface area contributed by atoms with Crippen LogP contribution in [0.4, 0.5) is 0 Å². The maximum absolute atomic E-state index is 8.35. The highest BCUT2D eigenvalue weighted by Gasteiger charge is 1.94. The van der Waals surface area contributed by atoms with Gasteiger partial charge in [-0.25, -0.2) is 0 Å². The molecule has 0 aromatic carbocycles. The molecule has 0 radical (unpaired) electrons. The van der Waals surface area contributed by atoms with Crippen molar-refractivity contribution in [3.63, 3.8) is 0 Å². The number of thiocarbonyl (C=S) groups is 1. The zero-order chi connectivity index (χ0) is 8.53. The van der Waals surface area contributed by atoms with Crippen LogP contribution in [0.25, 0.3) is 0 Å². The molecule has 0 atom stereocenters. The predicted molar refractivity (Wildman–Crippen MR) is 46.4 cm³/mol. The van der Waals surface area contributed by atoms with Crippen molar-refractivity contribution < 1.29 is 14.6 Å². The smallest absolute Gasteiger partial charge is 0.197 e. The third-order valence-electron chi connectivity index (χ3n) is 0.788. The van der Waals surface area contributed by atoms with Crippen molar-refractivity contribution in [3.05, 3.63) is 12.3 Å². The first-order chi connectivity index (χ1) is 5.31. The molecular weight excluding hydrogens is 164 g/mol. The summed E-state index contributed by atoms with van der Waals surface area (Å²) >= 11 is 4.74. The van der Waals surface area contributed by atoms with E-state index in [1.165, 1.54) is 6.26 Å². The van der Waals surface area contributed by atoms with Crippen molar-refractivity contribution >= 4 is 17.3 Å². The molecule has 0 aliphatic rings. The van der Waals surface area contributed by atoms with Crippen molar-refractivity contribution in [2.75, 3.05) is 19.8 Å². The molecule has 0 spiro atoms. The summed E-state index contributed by atoms with van der Waals surface area (Å²) in [6.07, 6.45) is 3.29. The van der Waals surface area contributed by atoms with Crippen LogP contribution in [0.5, 0.6) is 0 Å². The van der Waals surface area contributed by atoms with Gasteiger partial charge in [0.15, 0.2) is 11.7 Å². The molecule has 0 rings (SSSR count). The van der Waals surface area contributed by atoms with Crippen LogP contribution in [0.3, 0.4) is 0 Å². The third kappa shape index (κ3) is 7.29. The number of hydrogen-bond acceptors (Lipinski definition) is 4. The van der Waals surface area contributed by atoms with Crippen LogP contribution in [0, 0.1) is 0 Å². The maximum atomic E-state index is 8.35. The third-order valence-corrected chi connectivity index (χ3v) is 1.02. The summed E-state index contributed by atoms with van der Waals surface area (Å²) in [5, 5.41) is 8.71. The second-order valence-corrected chi connectivity index (χ2v) is 2.18. The first-order valence-electron chi connectivity index (χ1n) is 3.30. The number of rotatable bonds is 5. The molecule has 0 aliphatic heterocycles. The molecule has 0 unspecified atom stereocenters. The lowest BCUT2D eigenvalue weighted by atomic mass is 10.7. The van der Waals surface area contributed by atoms with E-state index in [0.29, 0.717) is 5.05 Å². The van der Waals surface area contributed by atoms with Crippen LogP contribution in [0.2, 0.25) is 0 Å². The highest BCUT2D eigenvalue weighted by atomic mass is 32.1. The van der Waals surface area contributed by atoms with Crippen LogP contribution >= 0.6 is 12.2 Å². The fourth-order valence-electron chi connectivity index (χ4n) is 0.414. The molecule has 3 nitrogen and oxygen atoms in total. The molecule has 0 bridgehead atoms. The zero-order valence-corrected chi connectivity index (χ0v) is 7.26. The Morgan fingerprint density at radius 1 is 1.64 bits per heavy atom. The SMILES string of the molecule is CC=COCC(=S)OCCO. The molecule has 0 heterocycles. The van der Waals surface area contributed by atoms with E-state index in [0.717, 1.165) is 0 Å². The Bertz CT molecular complexity index is 134. The van der Waals surface area contributed by atoms with Crippen molar-refractivity contribution in [3.8, 4) is 0 Å². The van der Waals surface area contributed by atoms with E-state index in [2.05, 4.69) is 0 Å². The van der Waals surface area contributed by atoms with Crippen molar-refractivity contribution in [1.82, 2.24) is 0 Å². The lowest BCUT2D eigenvalue weighted by molar-refractivity contribution is 0.181. The van der Waals surface area contributed by atoms with Crippen LogP contribution in [-0.4, -0.2) is 30.0 Å². The lowest BCUT2D eigenvalue weighted by Crippen LogP contribution is -2.11. The quantitative estimate of drug-likeness (QED) is 0.498. The average molecular weight is 176 g/mol.